The maximum absolute atomic E-state index is 13.9. The number of nitrogens with one attached hydrogen (secondary N) is 1. The van der Waals surface area contributed by atoms with Gasteiger partial charge in [0.15, 0.2) is 17.6 Å². The fourth-order valence-corrected chi connectivity index (χ4v) is 3.59. The third-order valence-corrected chi connectivity index (χ3v) is 5.95. The van der Waals surface area contributed by atoms with E-state index in [0.717, 1.165) is 6.42 Å². The average molecular weight is 483 g/mol. The molecule has 10 heteroatoms. The van der Waals surface area contributed by atoms with Gasteiger partial charge in [-0.2, -0.15) is 4.98 Å². The Hall–Kier alpha value is -3.95. The first-order valence-electron chi connectivity index (χ1n) is 11.1. The summed E-state index contributed by atoms with van der Waals surface area (Å²) in [4.78, 5) is 29.9. The van der Waals surface area contributed by atoms with Gasteiger partial charge in [0.2, 0.25) is 11.7 Å². The van der Waals surface area contributed by atoms with Gasteiger partial charge in [0, 0.05) is 23.6 Å². The molecule has 1 heterocycles. The quantitative estimate of drug-likeness (QED) is 0.458. The summed E-state index contributed by atoms with van der Waals surface area (Å²) < 4.78 is 35.3. The van der Waals surface area contributed by atoms with Crippen LogP contribution in [0.2, 0.25) is 0 Å². The van der Waals surface area contributed by atoms with Crippen LogP contribution in [0.25, 0.3) is 11.4 Å². The fraction of sp³-hybridized carbons (Fsp3) is 0.360. The molecule has 1 fully saturated rings. The summed E-state index contributed by atoms with van der Waals surface area (Å²) in [5.74, 6) is -0.274. The topological polar surface area (TPSA) is 113 Å². The van der Waals surface area contributed by atoms with E-state index in [0.29, 0.717) is 28.5 Å². The van der Waals surface area contributed by atoms with Gasteiger partial charge in [0.25, 0.3) is 5.89 Å². The largest absolute Gasteiger partial charge is 0.493 e. The Morgan fingerprint density at radius 3 is 2.49 bits per heavy atom. The number of methoxy groups -OCH3 is 2. The van der Waals surface area contributed by atoms with E-state index in [4.69, 9.17) is 18.7 Å². The predicted molar refractivity (Wildman–Crippen MR) is 124 cm³/mol. The molecule has 1 aliphatic carbocycles. The molecule has 3 atom stereocenters. The van der Waals surface area contributed by atoms with Gasteiger partial charge < -0.3 is 24.1 Å². The van der Waals surface area contributed by atoms with Gasteiger partial charge in [-0.3, -0.25) is 4.79 Å². The maximum atomic E-state index is 13.9. The number of nitrogens with zero attached hydrogens (tertiary/aromatic N) is 2. The van der Waals surface area contributed by atoms with Crippen molar-refractivity contribution in [3.8, 4) is 22.9 Å². The van der Waals surface area contributed by atoms with Crippen LogP contribution >= 0.6 is 0 Å². The lowest BCUT2D eigenvalue weighted by molar-refractivity contribution is -0.117. The molecule has 0 radical (unpaired) electrons. The van der Waals surface area contributed by atoms with Gasteiger partial charge in [0.1, 0.15) is 5.82 Å². The van der Waals surface area contributed by atoms with Crippen molar-refractivity contribution in [3.05, 3.63) is 53.2 Å². The zero-order chi connectivity index (χ0) is 25.3. The fourth-order valence-electron chi connectivity index (χ4n) is 3.59. The summed E-state index contributed by atoms with van der Waals surface area (Å²) in [5, 5.41) is 6.66. The summed E-state index contributed by atoms with van der Waals surface area (Å²) in [6, 6.07) is 7.54. The van der Waals surface area contributed by atoms with Crippen LogP contribution in [-0.4, -0.2) is 36.2 Å². The Labute approximate surface area is 201 Å². The number of anilines is 1. The van der Waals surface area contributed by atoms with Crippen molar-refractivity contribution >= 4 is 17.6 Å². The molecule has 0 saturated heterocycles. The zero-order valence-electron chi connectivity index (χ0n) is 20.0. The number of carbonyl (C=O) groups is 2. The number of hydrogen-bond donors (Lipinski definition) is 1. The van der Waals surface area contributed by atoms with Crippen molar-refractivity contribution < 1.29 is 32.7 Å². The van der Waals surface area contributed by atoms with E-state index in [2.05, 4.69) is 15.5 Å². The normalized spacial score (nSPS) is 17.4. The van der Waals surface area contributed by atoms with Crippen molar-refractivity contribution in [1.29, 1.82) is 0 Å². The predicted octanol–water partition coefficient (Wildman–Crippen LogP) is 4.71. The standard InChI is InChI=1S/C25H26FN3O6/c1-12-6-7-15(9-18(12)26)22-28-24(35-29-22)14(3)34-25(31)17-10-20(32-4)21(33-5)11-19(17)27-23(30)16-8-13(16)2/h6-7,9-11,13-14,16H,8H2,1-5H3,(H,27,30). The third-order valence-electron chi connectivity index (χ3n) is 5.95. The second-order valence-corrected chi connectivity index (χ2v) is 8.53. The highest BCUT2D eigenvalue weighted by molar-refractivity contribution is 6.03. The van der Waals surface area contributed by atoms with Crippen molar-refractivity contribution in [2.45, 2.75) is 33.3 Å². The van der Waals surface area contributed by atoms with Crippen LogP contribution in [0.5, 0.6) is 11.5 Å². The average Bonchev–Trinajstić information content (AvgIpc) is 3.37. The summed E-state index contributed by atoms with van der Waals surface area (Å²) in [7, 11) is 2.90. The van der Waals surface area contributed by atoms with E-state index in [-0.39, 0.29) is 34.8 Å². The summed E-state index contributed by atoms with van der Waals surface area (Å²) >= 11 is 0. The Kier molecular flexibility index (Phi) is 6.72. The number of hydrogen-bond acceptors (Lipinski definition) is 8. The molecule has 1 aliphatic rings. The Morgan fingerprint density at radius 1 is 1.17 bits per heavy atom. The van der Waals surface area contributed by atoms with E-state index in [9.17, 15) is 14.0 Å². The van der Waals surface area contributed by atoms with E-state index in [1.165, 1.54) is 32.4 Å². The van der Waals surface area contributed by atoms with E-state index in [1.54, 1.807) is 26.0 Å². The molecule has 1 N–H and O–H groups in total. The van der Waals surface area contributed by atoms with Crippen molar-refractivity contribution in [2.24, 2.45) is 11.8 Å². The molecule has 1 saturated carbocycles. The van der Waals surface area contributed by atoms with Gasteiger partial charge in [-0.15, -0.1) is 0 Å². The number of rotatable bonds is 8. The molecule has 4 rings (SSSR count). The first-order valence-corrected chi connectivity index (χ1v) is 11.1. The second kappa shape index (κ2) is 9.73. The summed E-state index contributed by atoms with van der Waals surface area (Å²) in [6.45, 7) is 5.20. The molecule has 184 valence electrons. The van der Waals surface area contributed by atoms with Crippen molar-refractivity contribution in [3.63, 3.8) is 0 Å². The van der Waals surface area contributed by atoms with E-state index >= 15 is 0 Å². The molecule has 0 spiro atoms. The molecule has 1 aromatic heterocycles. The lowest BCUT2D eigenvalue weighted by Crippen LogP contribution is -2.18. The van der Waals surface area contributed by atoms with Gasteiger partial charge in [-0.1, -0.05) is 24.2 Å². The highest BCUT2D eigenvalue weighted by atomic mass is 19.1. The first kappa shape index (κ1) is 24.2. The maximum Gasteiger partial charge on any atom is 0.341 e. The highest BCUT2D eigenvalue weighted by Gasteiger charge is 2.39. The summed E-state index contributed by atoms with van der Waals surface area (Å²) in [6.07, 6.45) is -0.125. The van der Waals surface area contributed by atoms with Crippen LogP contribution in [0, 0.1) is 24.6 Å². The van der Waals surface area contributed by atoms with Gasteiger partial charge in [0.05, 0.1) is 25.5 Å². The molecule has 1 amide bonds. The molecule has 3 unspecified atom stereocenters. The number of aryl methyl sites for hydroxylation is 1. The van der Waals surface area contributed by atoms with Gasteiger partial charge in [-0.05, 0) is 37.8 Å². The monoisotopic (exact) mass is 483 g/mol. The molecular weight excluding hydrogens is 457 g/mol. The molecule has 35 heavy (non-hydrogen) atoms. The van der Waals surface area contributed by atoms with Crippen LogP contribution in [0.15, 0.2) is 34.9 Å². The number of amides is 1. The Balaban J connectivity index is 1.56. The van der Waals surface area contributed by atoms with Crippen LogP contribution in [-0.2, 0) is 9.53 Å². The number of esters is 1. The lowest BCUT2D eigenvalue weighted by Gasteiger charge is -2.16. The van der Waals surface area contributed by atoms with Crippen molar-refractivity contribution in [2.75, 3.05) is 19.5 Å². The second-order valence-electron chi connectivity index (χ2n) is 8.53. The first-order chi connectivity index (χ1) is 16.7. The van der Waals surface area contributed by atoms with Crippen LogP contribution in [0.3, 0.4) is 0 Å². The van der Waals surface area contributed by atoms with Gasteiger partial charge in [-0.25, -0.2) is 9.18 Å². The van der Waals surface area contributed by atoms with Crippen LogP contribution in [0.4, 0.5) is 10.1 Å². The molecular formula is C25H26FN3O6. The van der Waals surface area contributed by atoms with E-state index < -0.39 is 17.9 Å². The van der Waals surface area contributed by atoms with Crippen LogP contribution in [0.1, 0.15) is 48.2 Å². The molecule has 0 aliphatic heterocycles. The summed E-state index contributed by atoms with van der Waals surface area (Å²) in [5.41, 5.74) is 1.25. The molecule has 2 aromatic carbocycles. The smallest absolute Gasteiger partial charge is 0.341 e. The SMILES string of the molecule is COc1cc(NC(=O)C2CC2C)c(C(=O)OC(C)c2nc(-c3ccc(C)c(F)c3)no2)cc1OC. The molecule has 0 bridgehead atoms. The number of benzene rings is 2. The number of aromatic nitrogens is 2. The van der Waals surface area contributed by atoms with Crippen molar-refractivity contribution in [1.82, 2.24) is 10.1 Å². The van der Waals surface area contributed by atoms with Crippen LogP contribution < -0.4 is 14.8 Å². The number of halogens is 1. The number of ether oxygens (including phenoxy) is 3. The zero-order valence-corrected chi connectivity index (χ0v) is 20.0. The highest BCUT2D eigenvalue weighted by Crippen LogP contribution is 2.40. The number of carbonyl (C=O) groups excluding carboxylic acids is 2. The minimum absolute atomic E-state index is 0.0344. The Bertz CT molecular complexity index is 1270. The third kappa shape index (κ3) is 5.11. The lowest BCUT2D eigenvalue weighted by atomic mass is 10.1. The van der Waals surface area contributed by atoms with E-state index in [1.807, 2.05) is 6.92 Å². The Morgan fingerprint density at radius 2 is 1.86 bits per heavy atom. The minimum Gasteiger partial charge on any atom is -0.493 e. The molecule has 9 nitrogen and oxygen atoms in total. The van der Waals surface area contributed by atoms with Gasteiger partial charge >= 0.3 is 5.97 Å². The molecule has 3 aromatic rings. The minimum atomic E-state index is -0.917.